The van der Waals surface area contributed by atoms with Gasteiger partial charge in [0.15, 0.2) is 5.96 Å². The molecule has 1 amide bonds. The Morgan fingerprint density at radius 3 is 2.71 bits per heavy atom. The number of carbonyl (C=O) groups is 1. The maximum atomic E-state index is 12.1. The van der Waals surface area contributed by atoms with Crippen molar-refractivity contribution in [1.29, 1.82) is 0 Å². The van der Waals surface area contributed by atoms with Gasteiger partial charge in [0, 0.05) is 25.5 Å². The zero-order valence-corrected chi connectivity index (χ0v) is 17.8. The second-order valence-electron chi connectivity index (χ2n) is 6.02. The number of aryl methyl sites for hydroxylation is 1. The van der Waals surface area contributed by atoms with E-state index >= 15 is 0 Å². The van der Waals surface area contributed by atoms with Crippen LogP contribution in [0, 0.1) is 6.92 Å². The van der Waals surface area contributed by atoms with Crippen molar-refractivity contribution in [2.24, 2.45) is 4.99 Å². The first kappa shape index (κ1) is 21.1. The molecule has 1 aliphatic carbocycles. The fourth-order valence-corrected chi connectivity index (χ4v) is 3.47. The number of guanidine groups is 1. The zero-order chi connectivity index (χ0) is 16.7. The van der Waals surface area contributed by atoms with Crippen molar-refractivity contribution in [2.75, 3.05) is 20.6 Å². The number of nitrogens with one attached hydrogen (secondary N) is 2. The van der Waals surface area contributed by atoms with Gasteiger partial charge >= 0.3 is 0 Å². The van der Waals surface area contributed by atoms with Crippen molar-refractivity contribution >= 4 is 47.2 Å². The van der Waals surface area contributed by atoms with Crippen LogP contribution in [0.15, 0.2) is 10.4 Å². The van der Waals surface area contributed by atoms with E-state index in [4.69, 9.17) is 0 Å². The van der Waals surface area contributed by atoms with Crippen LogP contribution < -0.4 is 10.6 Å². The molecule has 0 unspecified atom stereocenters. The van der Waals surface area contributed by atoms with Gasteiger partial charge in [-0.05, 0) is 19.8 Å². The number of nitrogens with zero attached hydrogens (tertiary/aromatic N) is 3. The van der Waals surface area contributed by atoms with E-state index in [2.05, 4.69) is 26.0 Å². The molecule has 1 aromatic heterocycles. The van der Waals surface area contributed by atoms with Gasteiger partial charge in [0.25, 0.3) is 0 Å². The molecule has 0 atom stereocenters. The molecular formula is C16H28IN5OS. The zero-order valence-electron chi connectivity index (χ0n) is 14.7. The fourth-order valence-electron chi connectivity index (χ4n) is 2.87. The summed E-state index contributed by atoms with van der Waals surface area (Å²) in [4.78, 5) is 22.7. The first-order valence-corrected chi connectivity index (χ1v) is 9.08. The largest absolute Gasteiger partial charge is 0.352 e. The second-order valence-corrected chi connectivity index (χ2v) is 7.08. The van der Waals surface area contributed by atoms with E-state index in [-0.39, 0.29) is 36.4 Å². The minimum absolute atomic E-state index is 0. The molecule has 1 saturated carbocycles. The Morgan fingerprint density at radius 2 is 2.12 bits per heavy atom. The van der Waals surface area contributed by atoms with Crippen molar-refractivity contribution in [2.45, 2.75) is 51.6 Å². The van der Waals surface area contributed by atoms with Gasteiger partial charge in [-0.3, -0.25) is 9.79 Å². The van der Waals surface area contributed by atoms with Crippen LogP contribution in [0.3, 0.4) is 0 Å². The van der Waals surface area contributed by atoms with Gasteiger partial charge in [-0.25, -0.2) is 4.98 Å². The molecule has 1 fully saturated rings. The number of hydrogen-bond donors (Lipinski definition) is 2. The first-order chi connectivity index (χ1) is 11.1. The number of aliphatic imine (C=N–C) groups is 1. The third kappa shape index (κ3) is 6.92. The predicted octanol–water partition coefficient (Wildman–Crippen LogP) is 2.53. The van der Waals surface area contributed by atoms with E-state index in [9.17, 15) is 4.79 Å². The molecule has 0 spiro atoms. The predicted molar refractivity (Wildman–Crippen MR) is 110 cm³/mol. The topological polar surface area (TPSA) is 69.6 Å². The van der Waals surface area contributed by atoms with E-state index in [1.165, 1.54) is 19.3 Å². The summed E-state index contributed by atoms with van der Waals surface area (Å²) in [7, 11) is 3.67. The Balaban J connectivity index is 0.00000288. The van der Waals surface area contributed by atoms with Gasteiger partial charge in [0.2, 0.25) is 5.91 Å². The van der Waals surface area contributed by atoms with Crippen molar-refractivity contribution in [3.63, 3.8) is 0 Å². The molecule has 136 valence electrons. The summed E-state index contributed by atoms with van der Waals surface area (Å²) in [6.45, 7) is 2.93. The van der Waals surface area contributed by atoms with E-state index in [0.717, 1.165) is 23.5 Å². The van der Waals surface area contributed by atoms with E-state index in [1.54, 1.807) is 18.4 Å². The molecule has 1 heterocycles. The lowest BCUT2D eigenvalue weighted by atomic mass is 9.95. The second kappa shape index (κ2) is 10.9. The smallest absolute Gasteiger partial charge is 0.239 e. The number of halogens is 1. The number of rotatable bonds is 5. The highest BCUT2D eigenvalue weighted by molar-refractivity contribution is 14.0. The molecule has 0 radical (unpaired) electrons. The normalized spacial score (nSPS) is 15.5. The molecule has 8 heteroatoms. The van der Waals surface area contributed by atoms with Gasteiger partial charge in [0.1, 0.15) is 0 Å². The Hall–Kier alpha value is -0.900. The summed E-state index contributed by atoms with van der Waals surface area (Å²) in [5.41, 5.74) is 1.02. The minimum atomic E-state index is 0. The Morgan fingerprint density at radius 1 is 1.42 bits per heavy atom. The fraction of sp³-hybridized carbons (Fsp3) is 0.688. The van der Waals surface area contributed by atoms with Gasteiger partial charge < -0.3 is 15.5 Å². The lowest BCUT2D eigenvalue weighted by Crippen LogP contribution is -2.46. The van der Waals surface area contributed by atoms with E-state index < -0.39 is 0 Å². The van der Waals surface area contributed by atoms with Crippen molar-refractivity contribution in [3.05, 3.63) is 16.1 Å². The van der Waals surface area contributed by atoms with Crippen molar-refractivity contribution in [3.8, 4) is 0 Å². The van der Waals surface area contributed by atoms with Gasteiger partial charge in [-0.15, -0.1) is 35.3 Å². The molecular weight excluding hydrogens is 437 g/mol. The van der Waals surface area contributed by atoms with Crippen LogP contribution >= 0.6 is 35.3 Å². The summed E-state index contributed by atoms with van der Waals surface area (Å²) >= 11 is 1.64. The van der Waals surface area contributed by atoms with Crippen molar-refractivity contribution < 1.29 is 4.79 Å². The summed E-state index contributed by atoms with van der Waals surface area (Å²) in [5.74, 6) is 0.741. The third-order valence-electron chi connectivity index (χ3n) is 4.02. The average molecular weight is 465 g/mol. The van der Waals surface area contributed by atoms with Gasteiger partial charge in [0.05, 0.1) is 23.8 Å². The summed E-state index contributed by atoms with van der Waals surface area (Å²) < 4.78 is 0. The van der Waals surface area contributed by atoms with Crippen LogP contribution in [0.4, 0.5) is 0 Å². The van der Waals surface area contributed by atoms with E-state index in [1.807, 2.05) is 18.9 Å². The standard InChI is InChI=1S/C16H27N5OS.HI/c1-12-19-14(11-23-12)10-21(3)16(17-2)18-9-15(22)20-13-7-5-4-6-8-13;/h11,13H,4-10H2,1-3H3,(H,17,18)(H,20,22);1H. The summed E-state index contributed by atoms with van der Waals surface area (Å²) in [6, 6.07) is 0.343. The SMILES string of the molecule is CN=C(NCC(=O)NC1CCCCC1)N(C)Cc1csc(C)n1.I. The summed E-state index contributed by atoms with van der Waals surface area (Å²) in [5, 5.41) is 9.34. The van der Waals surface area contributed by atoms with Crippen LogP contribution in [0.2, 0.25) is 0 Å². The quantitative estimate of drug-likeness (QED) is 0.399. The molecule has 2 N–H and O–H groups in total. The molecule has 0 aliphatic heterocycles. The number of thiazole rings is 1. The summed E-state index contributed by atoms with van der Waals surface area (Å²) in [6.07, 6.45) is 5.93. The van der Waals surface area contributed by atoms with Gasteiger partial charge in [-0.1, -0.05) is 19.3 Å². The Kier molecular flexibility index (Phi) is 9.57. The molecule has 2 rings (SSSR count). The molecule has 0 saturated heterocycles. The number of hydrogen-bond acceptors (Lipinski definition) is 4. The molecule has 1 aromatic rings. The maximum Gasteiger partial charge on any atom is 0.239 e. The molecule has 0 bridgehead atoms. The van der Waals surface area contributed by atoms with Crippen LogP contribution in [0.25, 0.3) is 0 Å². The van der Waals surface area contributed by atoms with Crippen LogP contribution in [0.1, 0.15) is 42.8 Å². The minimum Gasteiger partial charge on any atom is -0.352 e. The van der Waals surface area contributed by atoms with Crippen LogP contribution in [-0.4, -0.2) is 48.4 Å². The molecule has 24 heavy (non-hydrogen) atoms. The number of carbonyl (C=O) groups excluding carboxylic acids is 1. The number of amides is 1. The average Bonchev–Trinajstić information content (AvgIpc) is 2.94. The van der Waals surface area contributed by atoms with Gasteiger partial charge in [-0.2, -0.15) is 0 Å². The van der Waals surface area contributed by atoms with Crippen molar-refractivity contribution in [1.82, 2.24) is 20.5 Å². The molecule has 0 aromatic carbocycles. The maximum absolute atomic E-state index is 12.1. The monoisotopic (exact) mass is 465 g/mol. The highest BCUT2D eigenvalue weighted by atomic mass is 127. The van der Waals surface area contributed by atoms with E-state index in [0.29, 0.717) is 18.5 Å². The third-order valence-corrected chi connectivity index (χ3v) is 4.84. The molecule has 6 nitrogen and oxygen atoms in total. The first-order valence-electron chi connectivity index (χ1n) is 8.20. The highest BCUT2D eigenvalue weighted by Crippen LogP contribution is 2.17. The lowest BCUT2D eigenvalue weighted by molar-refractivity contribution is -0.120. The van der Waals surface area contributed by atoms with Crippen LogP contribution in [-0.2, 0) is 11.3 Å². The number of aromatic nitrogens is 1. The highest BCUT2D eigenvalue weighted by Gasteiger charge is 2.16. The Bertz CT molecular complexity index is 542. The van der Waals surface area contributed by atoms with Crippen LogP contribution in [0.5, 0.6) is 0 Å². The Labute approximate surface area is 165 Å². The molecule has 1 aliphatic rings. The lowest BCUT2D eigenvalue weighted by Gasteiger charge is -2.24.